The van der Waals surface area contributed by atoms with Crippen molar-refractivity contribution in [3.8, 4) is 0 Å². The molecule has 30 heavy (non-hydrogen) atoms. The number of nitrogens with zero attached hydrogens (tertiary/aromatic N) is 1. The summed E-state index contributed by atoms with van der Waals surface area (Å²) in [6.45, 7) is 2.54. The average Bonchev–Trinajstić information content (AvgIpc) is 2.79. The number of hydrogen-bond acceptors (Lipinski definition) is 4. The number of piperidine rings is 1. The maximum absolute atomic E-state index is 12.6. The van der Waals surface area contributed by atoms with E-state index in [-0.39, 0.29) is 23.8 Å². The normalized spacial score (nSPS) is 19.5. The Kier molecular flexibility index (Phi) is 8.21. The van der Waals surface area contributed by atoms with Crippen molar-refractivity contribution in [1.82, 2.24) is 10.2 Å². The van der Waals surface area contributed by atoms with Crippen molar-refractivity contribution >= 4 is 18.0 Å². The van der Waals surface area contributed by atoms with Crippen LogP contribution >= 0.6 is 0 Å². The fraction of sp³-hybridized carbons (Fsp3) is 0.360. The molecule has 0 unspecified atom stereocenters. The van der Waals surface area contributed by atoms with E-state index in [1.54, 1.807) is 6.08 Å². The molecule has 1 heterocycles. The summed E-state index contributed by atoms with van der Waals surface area (Å²) in [5, 5.41) is 3.22. The molecule has 1 N–H and O–H groups in total. The number of rotatable bonds is 8. The summed E-state index contributed by atoms with van der Waals surface area (Å²) in [6.07, 6.45) is 5.59. The van der Waals surface area contributed by atoms with Gasteiger partial charge in [0.05, 0.1) is 7.11 Å². The first kappa shape index (κ1) is 21.8. The van der Waals surface area contributed by atoms with Gasteiger partial charge in [0, 0.05) is 31.0 Å². The molecule has 1 fully saturated rings. The van der Waals surface area contributed by atoms with Crippen LogP contribution in [0, 0.1) is 0 Å². The van der Waals surface area contributed by atoms with Crippen LogP contribution in [-0.4, -0.2) is 49.6 Å². The van der Waals surface area contributed by atoms with E-state index < -0.39 is 0 Å². The van der Waals surface area contributed by atoms with Crippen molar-refractivity contribution in [2.24, 2.45) is 0 Å². The lowest BCUT2D eigenvalue weighted by Crippen LogP contribution is -2.51. The van der Waals surface area contributed by atoms with Gasteiger partial charge in [-0.25, -0.2) is 0 Å². The van der Waals surface area contributed by atoms with Crippen LogP contribution in [0.4, 0.5) is 0 Å². The van der Waals surface area contributed by atoms with Gasteiger partial charge in [-0.15, -0.1) is 0 Å². The molecule has 1 amide bonds. The highest BCUT2D eigenvalue weighted by atomic mass is 16.5. The van der Waals surface area contributed by atoms with Crippen molar-refractivity contribution in [2.75, 3.05) is 26.7 Å². The van der Waals surface area contributed by atoms with Crippen molar-refractivity contribution in [1.29, 1.82) is 0 Å². The number of benzene rings is 2. The Labute approximate surface area is 178 Å². The summed E-state index contributed by atoms with van der Waals surface area (Å²) in [6, 6.07) is 20.2. The highest BCUT2D eigenvalue weighted by Crippen LogP contribution is 2.28. The van der Waals surface area contributed by atoms with Crippen molar-refractivity contribution in [3.63, 3.8) is 0 Å². The number of amides is 1. The zero-order valence-electron chi connectivity index (χ0n) is 17.5. The largest absolute Gasteiger partial charge is 0.469 e. The molecule has 0 aromatic heterocycles. The number of nitrogens with one attached hydrogen (secondary N) is 1. The summed E-state index contributed by atoms with van der Waals surface area (Å²) in [5.41, 5.74) is 2.25. The van der Waals surface area contributed by atoms with E-state index >= 15 is 0 Å². The number of methoxy groups -OCH3 is 1. The fourth-order valence-corrected chi connectivity index (χ4v) is 3.98. The summed E-state index contributed by atoms with van der Waals surface area (Å²) in [7, 11) is 1.42. The maximum Gasteiger partial charge on any atom is 0.305 e. The number of hydrogen-bond donors (Lipinski definition) is 1. The predicted octanol–water partition coefficient (Wildman–Crippen LogP) is 3.63. The smallest absolute Gasteiger partial charge is 0.305 e. The first-order valence-corrected chi connectivity index (χ1v) is 10.5. The van der Waals surface area contributed by atoms with Crippen LogP contribution in [0.1, 0.15) is 36.3 Å². The molecule has 0 saturated carbocycles. The van der Waals surface area contributed by atoms with Gasteiger partial charge in [0.2, 0.25) is 5.91 Å². The molecule has 2 aromatic carbocycles. The number of carbonyl (C=O) groups is 2. The topological polar surface area (TPSA) is 58.6 Å². The maximum atomic E-state index is 12.6. The van der Waals surface area contributed by atoms with Crippen molar-refractivity contribution < 1.29 is 14.3 Å². The standard InChI is InChI=1S/C25H30N2O3/c1-30-25(29)13-8-17-27-18-16-22(21-11-6-3-7-12-21)23(19-27)26-24(28)15-14-20-9-4-2-5-10-20/h2-7,9-12,14-15,22-23H,8,13,16-19H2,1H3,(H,26,28)/t22-,23+/m0/s1. The third-order valence-electron chi connectivity index (χ3n) is 5.56. The van der Waals surface area contributed by atoms with Gasteiger partial charge < -0.3 is 15.0 Å². The third kappa shape index (κ3) is 6.56. The SMILES string of the molecule is COC(=O)CCCN1CC[C@@H](c2ccccc2)[C@H](NC(=O)C=Cc2ccccc2)C1. The first-order chi connectivity index (χ1) is 14.7. The van der Waals surface area contributed by atoms with Gasteiger partial charge in [-0.1, -0.05) is 60.7 Å². The second kappa shape index (κ2) is 11.3. The molecule has 2 atom stereocenters. The molecule has 3 rings (SSSR count). The number of likely N-dealkylation sites (tertiary alicyclic amines) is 1. The van der Waals surface area contributed by atoms with E-state index in [2.05, 4.69) is 22.3 Å². The molecule has 0 bridgehead atoms. The Morgan fingerprint density at radius 3 is 2.50 bits per heavy atom. The molecular formula is C25H30N2O3. The summed E-state index contributed by atoms with van der Waals surface area (Å²) in [4.78, 5) is 26.3. The number of ether oxygens (including phenoxy) is 1. The summed E-state index contributed by atoms with van der Waals surface area (Å²) >= 11 is 0. The second-order valence-electron chi connectivity index (χ2n) is 7.65. The molecule has 0 aliphatic carbocycles. The molecule has 0 spiro atoms. The van der Waals surface area contributed by atoms with Crippen LogP contribution < -0.4 is 5.32 Å². The van der Waals surface area contributed by atoms with Crippen LogP contribution in [0.25, 0.3) is 6.08 Å². The molecule has 1 aliphatic rings. The summed E-state index contributed by atoms with van der Waals surface area (Å²) in [5.74, 6) is 0.0170. The molecule has 2 aromatic rings. The highest BCUT2D eigenvalue weighted by molar-refractivity contribution is 5.92. The predicted molar refractivity (Wildman–Crippen MR) is 119 cm³/mol. The van der Waals surface area contributed by atoms with Crippen LogP contribution in [0.5, 0.6) is 0 Å². The van der Waals surface area contributed by atoms with Crippen LogP contribution in [0.15, 0.2) is 66.7 Å². The van der Waals surface area contributed by atoms with Gasteiger partial charge in [0.1, 0.15) is 0 Å². The fourth-order valence-electron chi connectivity index (χ4n) is 3.98. The Balaban J connectivity index is 1.64. The summed E-state index contributed by atoms with van der Waals surface area (Å²) < 4.78 is 4.73. The molecule has 1 aliphatic heterocycles. The van der Waals surface area contributed by atoms with Gasteiger partial charge in [-0.3, -0.25) is 9.59 Å². The molecule has 5 heteroatoms. The van der Waals surface area contributed by atoms with Crippen LogP contribution in [0.2, 0.25) is 0 Å². The van der Waals surface area contributed by atoms with Crippen LogP contribution in [0.3, 0.4) is 0 Å². The van der Waals surface area contributed by atoms with E-state index in [9.17, 15) is 9.59 Å². The van der Waals surface area contributed by atoms with Crippen LogP contribution in [-0.2, 0) is 14.3 Å². The van der Waals surface area contributed by atoms with Gasteiger partial charge in [-0.05, 0) is 43.1 Å². The Morgan fingerprint density at radius 1 is 1.10 bits per heavy atom. The van der Waals surface area contributed by atoms with Gasteiger partial charge in [0.15, 0.2) is 0 Å². The minimum absolute atomic E-state index is 0.0206. The molecule has 0 radical (unpaired) electrons. The Morgan fingerprint density at radius 2 is 1.80 bits per heavy atom. The minimum atomic E-state index is -0.176. The van der Waals surface area contributed by atoms with E-state index in [0.29, 0.717) is 6.42 Å². The number of esters is 1. The third-order valence-corrected chi connectivity index (χ3v) is 5.56. The lowest BCUT2D eigenvalue weighted by atomic mass is 9.85. The number of carbonyl (C=O) groups excluding carboxylic acids is 2. The second-order valence-corrected chi connectivity index (χ2v) is 7.65. The minimum Gasteiger partial charge on any atom is -0.469 e. The highest BCUT2D eigenvalue weighted by Gasteiger charge is 2.31. The van der Waals surface area contributed by atoms with Crippen molar-refractivity contribution in [3.05, 3.63) is 77.9 Å². The Hall–Kier alpha value is -2.92. The van der Waals surface area contributed by atoms with Gasteiger partial charge >= 0.3 is 5.97 Å². The molecular weight excluding hydrogens is 376 g/mol. The zero-order chi connectivity index (χ0) is 21.2. The molecule has 1 saturated heterocycles. The quantitative estimate of drug-likeness (QED) is 0.537. The van der Waals surface area contributed by atoms with E-state index in [0.717, 1.165) is 38.0 Å². The molecule has 158 valence electrons. The zero-order valence-corrected chi connectivity index (χ0v) is 17.5. The lowest BCUT2D eigenvalue weighted by Gasteiger charge is -2.39. The van der Waals surface area contributed by atoms with Gasteiger partial charge in [-0.2, -0.15) is 0 Å². The monoisotopic (exact) mass is 406 g/mol. The van der Waals surface area contributed by atoms with Crippen molar-refractivity contribution in [2.45, 2.75) is 31.2 Å². The first-order valence-electron chi connectivity index (χ1n) is 10.5. The van der Waals surface area contributed by atoms with E-state index in [1.807, 2.05) is 54.6 Å². The Bertz CT molecular complexity index is 836. The van der Waals surface area contributed by atoms with E-state index in [4.69, 9.17) is 4.74 Å². The van der Waals surface area contributed by atoms with Gasteiger partial charge in [0.25, 0.3) is 0 Å². The lowest BCUT2D eigenvalue weighted by molar-refractivity contribution is -0.140. The molecule has 5 nitrogen and oxygen atoms in total. The van der Waals surface area contributed by atoms with E-state index in [1.165, 1.54) is 12.7 Å². The average molecular weight is 407 g/mol.